The van der Waals surface area contributed by atoms with Gasteiger partial charge in [0.15, 0.2) is 0 Å². The molecule has 0 heterocycles. The molecular formula is C15H10ClFO4. The van der Waals surface area contributed by atoms with E-state index in [1.807, 2.05) is 0 Å². The molecule has 1 N–H and O–H groups in total. The molecule has 0 saturated carbocycles. The van der Waals surface area contributed by atoms with E-state index in [1.54, 1.807) is 0 Å². The smallest absolute Gasteiger partial charge is 0.337 e. The highest BCUT2D eigenvalue weighted by molar-refractivity contribution is 6.33. The van der Waals surface area contributed by atoms with E-state index in [1.165, 1.54) is 31.4 Å². The lowest BCUT2D eigenvalue weighted by Crippen LogP contribution is -2.03. The third kappa shape index (κ3) is 3.03. The van der Waals surface area contributed by atoms with E-state index in [0.29, 0.717) is 5.56 Å². The number of carboxylic acids is 1. The second-order valence-electron chi connectivity index (χ2n) is 4.18. The lowest BCUT2D eigenvalue weighted by atomic mass is 9.98. The minimum Gasteiger partial charge on any atom is -0.478 e. The molecule has 6 heteroatoms. The van der Waals surface area contributed by atoms with Gasteiger partial charge in [0.25, 0.3) is 0 Å². The van der Waals surface area contributed by atoms with Crippen molar-refractivity contribution in [3.63, 3.8) is 0 Å². The molecule has 0 atom stereocenters. The first-order chi connectivity index (χ1) is 9.93. The van der Waals surface area contributed by atoms with Crippen molar-refractivity contribution in [1.29, 1.82) is 0 Å². The number of hydrogen-bond acceptors (Lipinski definition) is 3. The molecule has 0 aliphatic rings. The van der Waals surface area contributed by atoms with Crippen LogP contribution < -0.4 is 0 Å². The molecule has 108 valence electrons. The molecule has 4 nitrogen and oxygen atoms in total. The summed E-state index contributed by atoms with van der Waals surface area (Å²) in [4.78, 5) is 22.8. The number of methoxy groups -OCH3 is 1. The Hall–Kier alpha value is -2.40. The van der Waals surface area contributed by atoms with Gasteiger partial charge in [-0.05, 0) is 35.9 Å². The van der Waals surface area contributed by atoms with E-state index < -0.39 is 17.8 Å². The molecule has 0 unspecified atom stereocenters. The van der Waals surface area contributed by atoms with Crippen LogP contribution in [0.15, 0.2) is 36.4 Å². The first kappa shape index (κ1) is 15.0. The fourth-order valence-electron chi connectivity index (χ4n) is 1.90. The fourth-order valence-corrected chi connectivity index (χ4v) is 2.12. The van der Waals surface area contributed by atoms with Gasteiger partial charge in [-0.3, -0.25) is 0 Å². The van der Waals surface area contributed by atoms with Crippen LogP contribution in [0.4, 0.5) is 4.39 Å². The predicted octanol–water partition coefficient (Wildman–Crippen LogP) is 3.63. The maximum absolute atomic E-state index is 13.2. The standard InChI is InChI=1S/C15H10ClFO4/c1-21-15(20)8-2-5-13(16)11(6-8)10-4-3-9(17)7-12(10)14(18)19/h2-7H,1H3,(H,18,19). The van der Waals surface area contributed by atoms with E-state index in [4.69, 9.17) is 16.7 Å². The van der Waals surface area contributed by atoms with Crippen LogP contribution in [-0.4, -0.2) is 24.2 Å². The van der Waals surface area contributed by atoms with Crippen molar-refractivity contribution < 1.29 is 23.8 Å². The topological polar surface area (TPSA) is 63.6 Å². The van der Waals surface area contributed by atoms with Crippen molar-refractivity contribution in [1.82, 2.24) is 0 Å². The average Bonchev–Trinajstić information content (AvgIpc) is 2.47. The summed E-state index contributed by atoms with van der Waals surface area (Å²) in [6.45, 7) is 0. The molecule has 0 aliphatic carbocycles. The molecule has 0 aromatic heterocycles. The molecule has 0 amide bonds. The van der Waals surface area contributed by atoms with Gasteiger partial charge in [-0.15, -0.1) is 0 Å². The van der Waals surface area contributed by atoms with Crippen LogP contribution in [0.3, 0.4) is 0 Å². The van der Waals surface area contributed by atoms with Crippen molar-refractivity contribution in [2.24, 2.45) is 0 Å². The highest BCUT2D eigenvalue weighted by atomic mass is 35.5. The maximum atomic E-state index is 13.2. The van der Waals surface area contributed by atoms with Crippen molar-refractivity contribution in [3.05, 3.63) is 58.4 Å². The van der Waals surface area contributed by atoms with Gasteiger partial charge in [0.2, 0.25) is 0 Å². The maximum Gasteiger partial charge on any atom is 0.337 e. The summed E-state index contributed by atoms with van der Waals surface area (Å²) in [7, 11) is 1.23. The number of halogens is 2. The average molecular weight is 309 g/mol. The van der Waals surface area contributed by atoms with Gasteiger partial charge in [-0.1, -0.05) is 17.7 Å². The minimum absolute atomic E-state index is 0.220. The summed E-state index contributed by atoms with van der Waals surface area (Å²) in [5.74, 6) is -2.53. The van der Waals surface area contributed by atoms with Crippen LogP contribution >= 0.6 is 11.6 Å². The van der Waals surface area contributed by atoms with Crippen LogP contribution in [0.2, 0.25) is 5.02 Å². The van der Waals surface area contributed by atoms with E-state index in [2.05, 4.69) is 4.74 Å². The molecule has 0 spiro atoms. The largest absolute Gasteiger partial charge is 0.478 e. The molecule has 0 fully saturated rings. The Morgan fingerprint density at radius 3 is 2.48 bits per heavy atom. The van der Waals surface area contributed by atoms with Crippen LogP contribution in [-0.2, 0) is 4.74 Å². The first-order valence-corrected chi connectivity index (χ1v) is 6.23. The first-order valence-electron chi connectivity index (χ1n) is 5.85. The zero-order chi connectivity index (χ0) is 15.6. The Bertz CT molecular complexity index is 728. The molecule has 0 saturated heterocycles. The second-order valence-corrected chi connectivity index (χ2v) is 4.59. The third-order valence-electron chi connectivity index (χ3n) is 2.89. The molecule has 2 aromatic carbocycles. The van der Waals surface area contributed by atoms with Crippen molar-refractivity contribution in [2.75, 3.05) is 7.11 Å². The number of carbonyl (C=O) groups excluding carboxylic acids is 1. The molecule has 0 radical (unpaired) electrons. The summed E-state index contributed by atoms with van der Waals surface area (Å²) in [6.07, 6.45) is 0. The van der Waals surface area contributed by atoms with Gasteiger partial charge in [0.05, 0.1) is 18.2 Å². The number of hydrogen-bond donors (Lipinski definition) is 1. The molecule has 2 aromatic rings. The van der Waals surface area contributed by atoms with Gasteiger partial charge < -0.3 is 9.84 Å². The molecule has 21 heavy (non-hydrogen) atoms. The summed E-state index contributed by atoms with van der Waals surface area (Å²) < 4.78 is 17.8. The molecule has 0 aliphatic heterocycles. The van der Waals surface area contributed by atoms with Crippen molar-refractivity contribution in [2.45, 2.75) is 0 Å². The van der Waals surface area contributed by atoms with Crippen LogP contribution in [0.1, 0.15) is 20.7 Å². The molecule has 2 rings (SSSR count). The van der Waals surface area contributed by atoms with E-state index in [0.717, 1.165) is 12.1 Å². The number of aromatic carboxylic acids is 1. The lowest BCUT2D eigenvalue weighted by molar-refractivity contribution is 0.0600. The van der Waals surface area contributed by atoms with Crippen LogP contribution in [0.5, 0.6) is 0 Å². The number of benzene rings is 2. The summed E-state index contributed by atoms with van der Waals surface area (Å²) >= 11 is 6.06. The highest BCUT2D eigenvalue weighted by Gasteiger charge is 2.17. The SMILES string of the molecule is COC(=O)c1ccc(Cl)c(-c2ccc(F)cc2C(=O)O)c1. The van der Waals surface area contributed by atoms with Gasteiger partial charge in [0.1, 0.15) is 5.82 Å². The predicted molar refractivity (Wildman–Crippen MR) is 75.1 cm³/mol. The number of ether oxygens (including phenoxy) is 1. The van der Waals surface area contributed by atoms with Gasteiger partial charge in [-0.25, -0.2) is 14.0 Å². The fraction of sp³-hybridized carbons (Fsp3) is 0.0667. The number of carboxylic acid groups (broad SMARTS) is 1. The zero-order valence-electron chi connectivity index (χ0n) is 10.9. The summed E-state index contributed by atoms with van der Waals surface area (Å²) in [5.41, 5.74) is 0.521. The number of rotatable bonds is 3. The highest BCUT2D eigenvalue weighted by Crippen LogP contribution is 2.32. The Morgan fingerprint density at radius 1 is 1.14 bits per heavy atom. The summed E-state index contributed by atoms with van der Waals surface area (Å²) in [5, 5.41) is 9.41. The van der Waals surface area contributed by atoms with E-state index in [9.17, 15) is 14.0 Å². The van der Waals surface area contributed by atoms with Crippen LogP contribution in [0, 0.1) is 5.82 Å². The number of esters is 1. The molecule has 0 bridgehead atoms. The second kappa shape index (κ2) is 5.93. The summed E-state index contributed by atoms with van der Waals surface area (Å²) in [6, 6.07) is 7.66. The Labute approximate surface area is 124 Å². The molecular weight excluding hydrogens is 299 g/mol. The van der Waals surface area contributed by atoms with E-state index in [-0.39, 0.29) is 21.7 Å². The third-order valence-corrected chi connectivity index (χ3v) is 3.22. The Kier molecular flexibility index (Phi) is 4.23. The van der Waals surface area contributed by atoms with Crippen LogP contribution in [0.25, 0.3) is 11.1 Å². The zero-order valence-corrected chi connectivity index (χ0v) is 11.6. The normalized spacial score (nSPS) is 10.2. The number of carbonyl (C=O) groups is 2. The Morgan fingerprint density at radius 2 is 1.86 bits per heavy atom. The quantitative estimate of drug-likeness (QED) is 0.879. The van der Waals surface area contributed by atoms with Gasteiger partial charge >= 0.3 is 11.9 Å². The lowest BCUT2D eigenvalue weighted by Gasteiger charge is -2.10. The van der Waals surface area contributed by atoms with Gasteiger partial charge in [0, 0.05) is 10.6 Å². The minimum atomic E-state index is -1.29. The Balaban J connectivity index is 2.66. The van der Waals surface area contributed by atoms with Crippen molar-refractivity contribution in [3.8, 4) is 11.1 Å². The van der Waals surface area contributed by atoms with Gasteiger partial charge in [-0.2, -0.15) is 0 Å². The monoisotopic (exact) mass is 308 g/mol. The van der Waals surface area contributed by atoms with E-state index >= 15 is 0 Å². The van der Waals surface area contributed by atoms with Crippen molar-refractivity contribution >= 4 is 23.5 Å².